The highest BCUT2D eigenvalue weighted by atomic mass is 79.9. The number of aryl methyl sites for hydroxylation is 2. The zero-order valence-corrected chi connectivity index (χ0v) is 25.6. The summed E-state index contributed by atoms with van der Waals surface area (Å²) in [6.07, 6.45) is 7.41. The van der Waals surface area contributed by atoms with Crippen molar-refractivity contribution in [2.75, 3.05) is 13.1 Å². The van der Waals surface area contributed by atoms with Crippen molar-refractivity contribution in [1.82, 2.24) is 9.88 Å². The van der Waals surface area contributed by atoms with Gasteiger partial charge in [-0.15, -0.1) is 0 Å². The molecule has 1 aromatic heterocycles. The lowest BCUT2D eigenvalue weighted by Crippen LogP contribution is -2.31. The molecule has 3 N–H and O–H groups in total. The van der Waals surface area contributed by atoms with Gasteiger partial charge in [0.2, 0.25) is 5.91 Å². The topological polar surface area (TPSA) is 73.2 Å². The molecule has 0 spiro atoms. The third kappa shape index (κ3) is 8.10. The van der Waals surface area contributed by atoms with E-state index in [1.165, 1.54) is 0 Å². The number of nitrogens with zero attached hydrogens (tertiary/aromatic N) is 2. The molecule has 6 nitrogen and oxygen atoms in total. The molecule has 0 aliphatic heterocycles. The number of hydrogen-bond acceptors (Lipinski definition) is 3. The second-order valence-electron chi connectivity index (χ2n) is 9.59. The van der Waals surface area contributed by atoms with Gasteiger partial charge in [-0.1, -0.05) is 63.4 Å². The van der Waals surface area contributed by atoms with Gasteiger partial charge >= 0.3 is 0 Å². The van der Waals surface area contributed by atoms with Crippen molar-refractivity contribution in [1.29, 1.82) is 0 Å². The molecule has 4 rings (SSSR count). The number of unbranched alkanes of at least 4 members (excludes halogenated alkanes) is 2. The van der Waals surface area contributed by atoms with Crippen molar-refractivity contribution >= 4 is 68.2 Å². The number of halogens is 3. The summed E-state index contributed by atoms with van der Waals surface area (Å²) in [6.45, 7) is 2.28. The summed E-state index contributed by atoms with van der Waals surface area (Å²) >= 11 is 16.2. The Hall–Kier alpha value is -2.84. The quantitative estimate of drug-likeness (QED) is 0.123. The SMILES string of the molecule is C[n+]1c(/C=C/c2ccc(OCc3ccc(Br)cc3)cc2)n(CCCCCC(=O)NCCN)c2cc(Cl)c(Cl)cc21. The second-order valence-corrected chi connectivity index (χ2v) is 11.3. The van der Waals surface area contributed by atoms with Gasteiger partial charge in [0.25, 0.3) is 5.82 Å². The van der Waals surface area contributed by atoms with Crippen molar-refractivity contribution in [2.45, 2.75) is 38.8 Å². The van der Waals surface area contributed by atoms with Crippen LogP contribution in [0, 0.1) is 0 Å². The maximum Gasteiger partial charge on any atom is 0.282 e. The number of imidazole rings is 1. The Morgan fingerprint density at radius 3 is 2.48 bits per heavy atom. The average Bonchev–Trinajstić information content (AvgIpc) is 3.20. The molecule has 0 saturated heterocycles. The number of nitrogens with two attached hydrogens (primary N) is 1. The molecule has 4 aromatic rings. The molecule has 1 amide bonds. The van der Waals surface area contributed by atoms with Crippen LogP contribution < -0.4 is 20.4 Å². The first kappa shape index (κ1) is 30.1. The third-order valence-corrected chi connectivity index (χ3v) is 7.92. The Morgan fingerprint density at radius 2 is 1.75 bits per heavy atom. The van der Waals surface area contributed by atoms with E-state index in [1.54, 1.807) is 0 Å². The first-order valence-electron chi connectivity index (χ1n) is 13.3. The van der Waals surface area contributed by atoms with Crippen molar-refractivity contribution in [3.05, 3.63) is 92.1 Å². The molecule has 0 atom stereocenters. The number of carbonyl (C=O) groups excluding carboxylic acids is 1. The number of nitrogens with one attached hydrogen (secondary N) is 1. The summed E-state index contributed by atoms with van der Waals surface area (Å²) in [6, 6.07) is 20.0. The molecule has 0 bridgehead atoms. The molecule has 0 radical (unpaired) electrons. The highest BCUT2D eigenvalue weighted by Gasteiger charge is 2.22. The predicted octanol–water partition coefficient (Wildman–Crippen LogP) is 6.92. The maximum atomic E-state index is 11.9. The van der Waals surface area contributed by atoms with Crippen molar-refractivity contribution in [3.8, 4) is 5.75 Å². The molecule has 0 aliphatic rings. The minimum Gasteiger partial charge on any atom is -0.489 e. The first-order valence-corrected chi connectivity index (χ1v) is 14.9. The molecule has 0 unspecified atom stereocenters. The van der Waals surface area contributed by atoms with Crippen LogP contribution in [0.25, 0.3) is 23.2 Å². The number of benzene rings is 3. The summed E-state index contributed by atoms with van der Waals surface area (Å²) in [7, 11) is 2.03. The molecule has 40 heavy (non-hydrogen) atoms. The lowest BCUT2D eigenvalue weighted by molar-refractivity contribution is -0.647. The van der Waals surface area contributed by atoms with Crippen molar-refractivity contribution in [2.24, 2.45) is 12.8 Å². The summed E-state index contributed by atoms with van der Waals surface area (Å²) in [5.74, 6) is 1.91. The van der Waals surface area contributed by atoms with E-state index < -0.39 is 0 Å². The first-order chi connectivity index (χ1) is 19.4. The molecular formula is C31H34BrCl2N4O2+. The Balaban J connectivity index is 1.45. The fourth-order valence-electron chi connectivity index (χ4n) is 4.50. The Morgan fingerprint density at radius 1 is 1.02 bits per heavy atom. The minimum absolute atomic E-state index is 0.0537. The molecule has 9 heteroatoms. The number of carbonyl (C=O) groups is 1. The van der Waals surface area contributed by atoms with Gasteiger partial charge < -0.3 is 15.8 Å². The van der Waals surface area contributed by atoms with E-state index in [-0.39, 0.29) is 5.91 Å². The van der Waals surface area contributed by atoms with Crippen LogP contribution in [-0.4, -0.2) is 23.6 Å². The van der Waals surface area contributed by atoms with Crippen LogP contribution in [0.2, 0.25) is 10.0 Å². The van der Waals surface area contributed by atoms with Crippen LogP contribution in [0.1, 0.15) is 42.6 Å². The Labute approximate surface area is 253 Å². The zero-order chi connectivity index (χ0) is 28.5. The second kappa shape index (κ2) is 14.7. The lowest BCUT2D eigenvalue weighted by atomic mass is 10.2. The largest absolute Gasteiger partial charge is 0.489 e. The Kier molecular flexibility index (Phi) is 11.1. The number of amides is 1. The van der Waals surface area contributed by atoms with Gasteiger partial charge in [-0.3, -0.25) is 4.79 Å². The average molecular weight is 645 g/mol. The smallest absolute Gasteiger partial charge is 0.282 e. The summed E-state index contributed by atoms with van der Waals surface area (Å²) < 4.78 is 11.4. The van der Waals surface area contributed by atoms with Gasteiger partial charge in [-0.05, 0) is 60.7 Å². The highest BCUT2D eigenvalue weighted by molar-refractivity contribution is 9.10. The van der Waals surface area contributed by atoms with Crippen molar-refractivity contribution < 1.29 is 14.1 Å². The van der Waals surface area contributed by atoms with Crippen molar-refractivity contribution in [3.63, 3.8) is 0 Å². The molecule has 0 fully saturated rings. The van der Waals surface area contributed by atoms with Gasteiger partial charge in [0.05, 0.1) is 23.6 Å². The van der Waals surface area contributed by atoms with Crippen LogP contribution >= 0.6 is 39.1 Å². The molecule has 3 aromatic carbocycles. The fraction of sp³-hybridized carbons (Fsp3) is 0.290. The molecule has 210 valence electrons. The van der Waals surface area contributed by atoms with Crippen LogP contribution in [0.5, 0.6) is 5.75 Å². The minimum atomic E-state index is 0.0537. The van der Waals surface area contributed by atoms with Crippen LogP contribution in [0.15, 0.2) is 65.1 Å². The number of fused-ring (bicyclic) bond motifs is 1. The van der Waals surface area contributed by atoms with Crippen LogP contribution in [-0.2, 0) is 25.0 Å². The number of rotatable bonds is 13. The summed E-state index contributed by atoms with van der Waals surface area (Å²) in [5, 5.41) is 3.88. The van der Waals surface area contributed by atoms with E-state index in [4.69, 9.17) is 33.7 Å². The van der Waals surface area contributed by atoms with E-state index in [0.29, 0.717) is 36.2 Å². The zero-order valence-electron chi connectivity index (χ0n) is 22.5. The maximum absolute atomic E-state index is 11.9. The molecule has 1 heterocycles. The van der Waals surface area contributed by atoms with E-state index in [1.807, 2.05) is 67.7 Å². The van der Waals surface area contributed by atoms with Gasteiger partial charge in [-0.25, -0.2) is 9.13 Å². The molecule has 0 aliphatic carbocycles. The van der Waals surface area contributed by atoms with Gasteiger partial charge in [0, 0.05) is 42.2 Å². The van der Waals surface area contributed by atoms with Gasteiger partial charge in [0.15, 0.2) is 11.0 Å². The van der Waals surface area contributed by atoms with E-state index in [9.17, 15) is 4.79 Å². The highest BCUT2D eigenvalue weighted by Crippen LogP contribution is 2.28. The molecular weight excluding hydrogens is 611 g/mol. The van der Waals surface area contributed by atoms with E-state index in [0.717, 1.165) is 64.0 Å². The van der Waals surface area contributed by atoms with Gasteiger partial charge in [0.1, 0.15) is 12.4 Å². The number of hydrogen-bond donors (Lipinski definition) is 2. The predicted molar refractivity (Wildman–Crippen MR) is 168 cm³/mol. The summed E-state index contributed by atoms with van der Waals surface area (Å²) in [5.41, 5.74) is 9.66. The number of aromatic nitrogens is 2. The van der Waals surface area contributed by atoms with Gasteiger partial charge in [-0.2, -0.15) is 0 Å². The molecule has 0 saturated carbocycles. The monoisotopic (exact) mass is 643 g/mol. The fourth-order valence-corrected chi connectivity index (χ4v) is 5.08. The van der Waals surface area contributed by atoms with Crippen LogP contribution in [0.3, 0.4) is 0 Å². The summed E-state index contributed by atoms with van der Waals surface area (Å²) in [4.78, 5) is 11.9. The standard InChI is InChI=1S/C31H33BrCl2N4O2/c1-37-28-19-26(33)27(34)20-29(28)38(18-4-2-3-5-30(39)36-17-16-35)31(37)15-10-22-8-13-25(14-9-22)40-21-23-6-11-24(32)12-7-23/h6-15,19-20H,2-5,16-18,21,35H2,1H3/p+1/b15-10+. The lowest BCUT2D eigenvalue weighted by Gasteiger charge is -2.06. The number of ether oxygens (including phenoxy) is 1. The third-order valence-electron chi connectivity index (χ3n) is 6.67. The Bertz CT molecular complexity index is 1470. The van der Waals surface area contributed by atoms with E-state index >= 15 is 0 Å². The van der Waals surface area contributed by atoms with E-state index in [2.05, 4.69) is 42.5 Å². The van der Waals surface area contributed by atoms with Crippen LogP contribution in [0.4, 0.5) is 0 Å². The normalized spacial score (nSPS) is 11.4.